The minimum absolute atomic E-state index is 0.0581. The number of carbonyl (C=O) groups excluding carboxylic acids is 1. The zero-order chi connectivity index (χ0) is 15.3. The highest BCUT2D eigenvalue weighted by Crippen LogP contribution is 2.33. The molecule has 1 aromatic carbocycles. The molecule has 0 spiro atoms. The number of nitro benzene ring substituents is 1. The van der Waals surface area contributed by atoms with E-state index in [1.807, 2.05) is 0 Å². The Bertz CT molecular complexity index is 524. The highest BCUT2D eigenvalue weighted by Gasteiger charge is 2.24. The smallest absolute Gasteiger partial charge is 0.387 e. The molecule has 0 heterocycles. The molecule has 0 saturated carbocycles. The fourth-order valence-electron chi connectivity index (χ4n) is 1.45. The van der Waals surface area contributed by atoms with E-state index < -0.39 is 28.9 Å². The zero-order valence-electron chi connectivity index (χ0n) is 10.3. The van der Waals surface area contributed by atoms with Gasteiger partial charge in [0.1, 0.15) is 0 Å². The van der Waals surface area contributed by atoms with Gasteiger partial charge in [-0.05, 0) is 12.5 Å². The number of alkyl halides is 3. The van der Waals surface area contributed by atoms with Crippen molar-refractivity contribution in [2.75, 3.05) is 6.61 Å². The molecule has 0 bridgehead atoms. The predicted octanol–water partition coefficient (Wildman–Crippen LogP) is 3.11. The Morgan fingerprint density at radius 2 is 2.15 bits per heavy atom. The molecule has 0 unspecified atom stereocenters. The van der Waals surface area contributed by atoms with Crippen molar-refractivity contribution in [3.63, 3.8) is 0 Å². The molecule has 0 radical (unpaired) electrons. The molecule has 0 amide bonds. The third-order valence-electron chi connectivity index (χ3n) is 2.24. The average molecular weight is 310 g/mol. The van der Waals surface area contributed by atoms with Crippen molar-refractivity contribution in [3.05, 3.63) is 33.4 Å². The van der Waals surface area contributed by atoms with Crippen molar-refractivity contribution >= 4 is 23.3 Å². The molecule has 1 aromatic rings. The Labute approximate surface area is 117 Å². The molecule has 0 saturated heterocycles. The van der Waals surface area contributed by atoms with E-state index in [0.29, 0.717) is 0 Å². The van der Waals surface area contributed by atoms with Gasteiger partial charge in [-0.3, -0.25) is 10.1 Å². The maximum Gasteiger partial charge on any atom is 0.387 e. The van der Waals surface area contributed by atoms with Crippen molar-refractivity contribution < 1.29 is 28.0 Å². The fraction of sp³-hybridized carbons (Fsp3) is 0.364. The molecular formula is C11H10ClF2NO5. The van der Waals surface area contributed by atoms with E-state index in [9.17, 15) is 23.7 Å². The van der Waals surface area contributed by atoms with Crippen molar-refractivity contribution in [3.8, 4) is 5.75 Å². The van der Waals surface area contributed by atoms with Gasteiger partial charge in [0, 0.05) is 18.0 Å². The highest BCUT2D eigenvalue weighted by atomic mass is 35.5. The van der Waals surface area contributed by atoms with E-state index in [1.165, 1.54) is 0 Å². The van der Waals surface area contributed by atoms with Gasteiger partial charge < -0.3 is 9.47 Å². The monoisotopic (exact) mass is 309 g/mol. The lowest BCUT2D eigenvalue weighted by Crippen LogP contribution is -2.11. The summed E-state index contributed by atoms with van der Waals surface area (Å²) in [7, 11) is 0. The summed E-state index contributed by atoms with van der Waals surface area (Å²) in [5, 5.41) is 10.8. The number of nitrogens with zero attached hydrogens (tertiary/aromatic N) is 1. The van der Waals surface area contributed by atoms with Crippen LogP contribution >= 0.6 is 11.6 Å². The number of hydrogen-bond donors (Lipinski definition) is 0. The summed E-state index contributed by atoms with van der Waals surface area (Å²) in [4.78, 5) is 21.5. The van der Waals surface area contributed by atoms with Crippen LogP contribution in [-0.2, 0) is 10.6 Å². The third kappa shape index (κ3) is 3.77. The second kappa shape index (κ2) is 6.99. The molecule has 0 aliphatic carbocycles. The molecule has 0 atom stereocenters. The van der Waals surface area contributed by atoms with Gasteiger partial charge in [-0.15, -0.1) is 11.6 Å². The first-order valence-corrected chi connectivity index (χ1v) is 5.93. The quantitative estimate of drug-likeness (QED) is 0.349. The summed E-state index contributed by atoms with van der Waals surface area (Å²) in [6, 6.07) is 1.75. The molecule has 9 heteroatoms. The van der Waals surface area contributed by atoms with Crippen molar-refractivity contribution in [1.29, 1.82) is 0 Å². The summed E-state index contributed by atoms with van der Waals surface area (Å²) < 4.78 is 33.2. The van der Waals surface area contributed by atoms with E-state index in [1.54, 1.807) is 6.92 Å². The Hall–Kier alpha value is -1.96. The maximum atomic E-state index is 12.2. The zero-order valence-corrected chi connectivity index (χ0v) is 11.0. The van der Waals surface area contributed by atoms with Gasteiger partial charge in [0.2, 0.25) is 5.75 Å². The summed E-state index contributed by atoms with van der Waals surface area (Å²) in [6.07, 6.45) is 0. The van der Waals surface area contributed by atoms with Gasteiger partial charge >= 0.3 is 18.3 Å². The van der Waals surface area contributed by atoms with E-state index in [0.717, 1.165) is 12.1 Å². The third-order valence-corrected chi connectivity index (χ3v) is 2.52. The first kappa shape index (κ1) is 16.1. The fourth-order valence-corrected chi connectivity index (χ4v) is 1.68. The van der Waals surface area contributed by atoms with E-state index >= 15 is 0 Å². The second-order valence-electron chi connectivity index (χ2n) is 3.47. The number of carbonyl (C=O) groups is 1. The number of halogens is 3. The molecular weight excluding hydrogens is 300 g/mol. The van der Waals surface area contributed by atoms with Crippen LogP contribution in [-0.4, -0.2) is 24.1 Å². The molecule has 6 nitrogen and oxygen atoms in total. The van der Waals surface area contributed by atoms with Crippen LogP contribution in [0.15, 0.2) is 12.1 Å². The lowest BCUT2D eigenvalue weighted by atomic mass is 10.1. The Morgan fingerprint density at radius 1 is 1.50 bits per heavy atom. The molecule has 0 N–H and O–H groups in total. The van der Waals surface area contributed by atoms with Gasteiger partial charge in [0.25, 0.3) is 0 Å². The van der Waals surface area contributed by atoms with Gasteiger partial charge in [-0.1, -0.05) is 0 Å². The standard InChI is InChI=1S/C11H10ClF2NO5/c1-2-19-10(16)7-4-9(20-11(13)14)8(15(17)18)3-6(7)5-12/h3-4,11H,2,5H2,1H3. The summed E-state index contributed by atoms with van der Waals surface area (Å²) in [5.41, 5.74) is -0.754. The summed E-state index contributed by atoms with van der Waals surface area (Å²) >= 11 is 5.59. The van der Waals surface area contributed by atoms with E-state index in [2.05, 4.69) is 4.74 Å². The van der Waals surface area contributed by atoms with Gasteiger partial charge in [0.15, 0.2) is 0 Å². The molecule has 0 fully saturated rings. The van der Waals surface area contributed by atoms with Crippen LogP contribution in [0.2, 0.25) is 0 Å². The largest absolute Gasteiger partial charge is 0.462 e. The van der Waals surface area contributed by atoms with E-state index in [4.69, 9.17) is 16.3 Å². The van der Waals surface area contributed by atoms with Crippen LogP contribution in [0.4, 0.5) is 14.5 Å². The van der Waals surface area contributed by atoms with E-state index in [-0.39, 0.29) is 23.6 Å². The molecule has 20 heavy (non-hydrogen) atoms. The number of ether oxygens (including phenoxy) is 2. The molecule has 0 aliphatic rings. The Morgan fingerprint density at radius 3 is 2.60 bits per heavy atom. The van der Waals surface area contributed by atoms with Crippen LogP contribution in [0.3, 0.4) is 0 Å². The van der Waals surface area contributed by atoms with Crippen LogP contribution in [0.25, 0.3) is 0 Å². The first-order valence-electron chi connectivity index (χ1n) is 5.39. The summed E-state index contributed by atoms with van der Waals surface area (Å²) in [6.45, 7) is -1.64. The van der Waals surface area contributed by atoms with Crippen molar-refractivity contribution in [2.24, 2.45) is 0 Å². The SMILES string of the molecule is CCOC(=O)c1cc(OC(F)F)c([N+](=O)[O-])cc1CCl. The van der Waals surface area contributed by atoms with Crippen LogP contribution in [0.1, 0.15) is 22.8 Å². The normalized spacial score (nSPS) is 10.4. The number of nitro groups is 1. The van der Waals surface area contributed by atoms with Gasteiger partial charge in [-0.2, -0.15) is 8.78 Å². The minimum atomic E-state index is -3.26. The lowest BCUT2D eigenvalue weighted by Gasteiger charge is -2.10. The molecule has 1 rings (SSSR count). The van der Waals surface area contributed by atoms with Gasteiger partial charge in [-0.25, -0.2) is 4.79 Å². The second-order valence-corrected chi connectivity index (χ2v) is 3.73. The maximum absolute atomic E-state index is 12.2. The molecule has 0 aromatic heterocycles. The van der Waals surface area contributed by atoms with Crippen LogP contribution in [0.5, 0.6) is 5.75 Å². The molecule has 110 valence electrons. The van der Waals surface area contributed by atoms with Crippen LogP contribution in [0, 0.1) is 10.1 Å². The Kier molecular flexibility index (Phi) is 5.63. The lowest BCUT2D eigenvalue weighted by molar-refractivity contribution is -0.386. The molecule has 0 aliphatic heterocycles. The number of rotatable bonds is 6. The number of benzene rings is 1. The number of hydrogen-bond acceptors (Lipinski definition) is 5. The minimum Gasteiger partial charge on any atom is -0.462 e. The highest BCUT2D eigenvalue weighted by molar-refractivity contribution is 6.17. The van der Waals surface area contributed by atoms with Crippen molar-refractivity contribution in [1.82, 2.24) is 0 Å². The predicted molar refractivity (Wildman–Crippen MR) is 65.2 cm³/mol. The first-order chi connectivity index (χ1) is 9.40. The average Bonchev–Trinajstić information content (AvgIpc) is 2.37. The van der Waals surface area contributed by atoms with Gasteiger partial charge in [0.05, 0.1) is 17.1 Å². The van der Waals surface area contributed by atoms with Crippen molar-refractivity contribution in [2.45, 2.75) is 19.4 Å². The van der Waals surface area contributed by atoms with Crippen LogP contribution < -0.4 is 4.74 Å². The topological polar surface area (TPSA) is 78.7 Å². The summed E-state index contributed by atoms with van der Waals surface area (Å²) in [5.74, 6) is -1.76. The number of esters is 1. The Balaban J connectivity index is 3.37.